The molecule has 8 heteroatoms. The number of imide groups is 1. The van der Waals surface area contributed by atoms with E-state index in [1.165, 1.54) is 37.4 Å². The normalized spacial score (nSPS) is 13.2. The smallest absolute Gasteiger partial charge is 0.276 e. The topological polar surface area (TPSA) is 112 Å². The number of hydrogen-bond donors (Lipinski definition) is 2. The molecule has 22 heavy (non-hydrogen) atoms. The second-order valence-corrected chi connectivity index (χ2v) is 4.69. The van der Waals surface area contributed by atoms with E-state index in [1.807, 2.05) is 0 Å². The van der Waals surface area contributed by atoms with Crippen LogP contribution in [0.2, 0.25) is 0 Å². The molecule has 0 fully saturated rings. The van der Waals surface area contributed by atoms with Gasteiger partial charge in [-0.05, 0) is 24.3 Å². The summed E-state index contributed by atoms with van der Waals surface area (Å²) in [6.07, 6.45) is 0. The van der Waals surface area contributed by atoms with E-state index in [0.717, 1.165) is 4.90 Å². The van der Waals surface area contributed by atoms with E-state index in [4.69, 9.17) is 0 Å². The van der Waals surface area contributed by atoms with Gasteiger partial charge in [0, 0.05) is 18.8 Å². The van der Waals surface area contributed by atoms with E-state index in [9.17, 15) is 19.2 Å². The Labute approximate surface area is 123 Å². The molecule has 0 saturated heterocycles. The van der Waals surface area contributed by atoms with Gasteiger partial charge in [0.05, 0.1) is 11.1 Å². The maximum absolute atomic E-state index is 12.0. The fraction of sp³-hybridized carbons (Fsp3) is 0.0714. The molecule has 2 aromatic rings. The third-order valence-electron chi connectivity index (χ3n) is 3.26. The summed E-state index contributed by atoms with van der Waals surface area (Å²) in [4.78, 5) is 47.6. The average Bonchev–Trinajstić information content (AvgIpc) is 2.72. The summed E-state index contributed by atoms with van der Waals surface area (Å²) in [5.74, 6) is -1.33. The number of amides is 3. The van der Waals surface area contributed by atoms with Gasteiger partial charge in [-0.15, -0.1) is 0 Å². The molecule has 1 aromatic carbocycles. The van der Waals surface area contributed by atoms with Crippen molar-refractivity contribution in [3.8, 4) is 0 Å². The first-order chi connectivity index (χ1) is 10.5. The van der Waals surface area contributed by atoms with E-state index in [1.54, 1.807) is 0 Å². The predicted octanol–water partition coefficient (Wildman–Crippen LogP) is 0.248. The molecule has 0 atom stereocenters. The van der Waals surface area contributed by atoms with Crippen molar-refractivity contribution in [3.63, 3.8) is 0 Å². The Morgan fingerprint density at radius 3 is 2.50 bits per heavy atom. The minimum atomic E-state index is -0.540. The van der Waals surface area contributed by atoms with Gasteiger partial charge in [0.15, 0.2) is 0 Å². The Hall–Kier alpha value is -3.29. The molecule has 3 rings (SSSR count). The number of anilines is 1. The quantitative estimate of drug-likeness (QED) is 0.772. The van der Waals surface area contributed by atoms with Crippen molar-refractivity contribution in [2.45, 2.75) is 0 Å². The van der Waals surface area contributed by atoms with Crippen molar-refractivity contribution >= 4 is 23.4 Å². The molecule has 1 aliphatic rings. The van der Waals surface area contributed by atoms with Crippen LogP contribution >= 0.6 is 0 Å². The molecule has 0 bridgehead atoms. The van der Waals surface area contributed by atoms with Gasteiger partial charge in [-0.25, -0.2) is 5.10 Å². The fourth-order valence-electron chi connectivity index (χ4n) is 2.11. The van der Waals surface area contributed by atoms with Crippen LogP contribution in [0.4, 0.5) is 5.69 Å². The fourth-order valence-corrected chi connectivity index (χ4v) is 2.11. The Kier molecular flexibility index (Phi) is 3.06. The van der Waals surface area contributed by atoms with Crippen LogP contribution in [0.1, 0.15) is 31.2 Å². The van der Waals surface area contributed by atoms with Crippen molar-refractivity contribution < 1.29 is 14.4 Å². The third kappa shape index (κ3) is 2.16. The number of hydrogen-bond acceptors (Lipinski definition) is 5. The molecular weight excluding hydrogens is 288 g/mol. The number of aromatic amines is 1. The highest BCUT2D eigenvalue weighted by Gasteiger charge is 2.32. The minimum absolute atomic E-state index is 0.0274. The summed E-state index contributed by atoms with van der Waals surface area (Å²) >= 11 is 0. The molecular formula is C14H10N4O4. The van der Waals surface area contributed by atoms with Gasteiger partial charge in [0.1, 0.15) is 5.69 Å². The molecule has 0 unspecified atom stereocenters. The van der Waals surface area contributed by atoms with Crippen LogP contribution < -0.4 is 10.9 Å². The van der Waals surface area contributed by atoms with Gasteiger partial charge in [-0.1, -0.05) is 0 Å². The van der Waals surface area contributed by atoms with Crippen LogP contribution in [0.3, 0.4) is 0 Å². The number of H-pyrrole nitrogens is 1. The molecule has 110 valence electrons. The van der Waals surface area contributed by atoms with Crippen LogP contribution in [0, 0.1) is 0 Å². The molecule has 2 N–H and O–H groups in total. The van der Waals surface area contributed by atoms with Crippen molar-refractivity contribution in [2.24, 2.45) is 0 Å². The van der Waals surface area contributed by atoms with Gasteiger partial charge < -0.3 is 5.32 Å². The van der Waals surface area contributed by atoms with Crippen LogP contribution in [-0.2, 0) is 0 Å². The lowest BCUT2D eigenvalue weighted by Crippen LogP contribution is -2.24. The van der Waals surface area contributed by atoms with Crippen molar-refractivity contribution in [2.75, 3.05) is 12.4 Å². The lowest BCUT2D eigenvalue weighted by molar-refractivity contribution is 0.0692. The number of nitrogens with zero attached hydrogens (tertiary/aromatic N) is 2. The minimum Gasteiger partial charge on any atom is -0.321 e. The number of nitrogens with one attached hydrogen (secondary N) is 2. The number of rotatable bonds is 2. The van der Waals surface area contributed by atoms with Gasteiger partial charge >= 0.3 is 0 Å². The van der Waals surface area contributed by atoms with E-state index in [-0.39, 0.29) is 17.2 Å². The first kappa shape index (κ1) is 13.7. The standard InChI is InChI=1S/C14H10N4O4/c1-18-13(21)8-3-2-7(6-9(8)14(18)22)15-12(20)10-4-5-11(19)17-16-10/h2-6H,1H3,(H,15,20)(H,17,19). The highest BCUT2D eigenvalue weighted by molar-refractivity contribution is 6.21. The first-order valence-electron chi connectivity index (χ1n) is 6.31. The first-order valence-corrected chi connectivity index (χ1v) is 6.31. The molecule has 1 aromatic heterocycles. The van der Waals surface area contributed by atoms with Crippen LogP contribution in [0.15, 0.2) is 35.1 Å². The highest BCUT2D eigenvalue weighted by atomic mass is 16.2. The number of fused-ring (bicyclic) bond motifs is 1. The summed E-state index contributed by atoms with van der Waals surface area (Å²) in [6, 6.07) is 6.90. The molecule has 0 spiro atoms. The second kappa shape index (κ2) is 4.92. The molecule has 0 aliphatic carbocycles. The monoisotopic (exact) mass is 298 g/mol. The lowest BCUT2D eigenvalue weighted by Gasteiger charge is -2.05. The number of carbonyl (C=O) groups excluding carboxylic acids is 3. The largest absolute Gasteiger partial charge is 0.321 e. The van der Waals surface area contributed by atoms with Gasteiger partial charge in [-0.2, -0.15) is 5.10 Å². The average molecular weight is 298 g/mol. The molecule has 1 aliphatic heterocycles. The molecule has 0 radical (unpaired) electrons. The summed E-state index contributed by atoms with van der Waals surface area (Å²) in [7, 11) is 1.40. The van der Waals surface area contributed by atoms with Crippen LogP contribution in [0.25, 0.3) is 0 Å². The molecule has 2 heterocycles. The van der Waals surface area contributed by atoms with E-state index < -0.39 is 17.4 Å². The molecule has 3 amide bonds. The summed E-state index contributed by atoms with van der Waals surface area (Å²) in [6.45, 7) is 0. The summed E-state index contributed by atoms with van der Waals surface area (Å²) in [5, 5.41) is 8.31. The second-order valence-electron chi connectivity index (χ2n) is 4.69. The molecule has 8 nitrogen and oxygen atoms in total. The number of carbonyl (C=O) groups is 3. The Bertz CT molecular complexity index is 851. The molecule has 0 saturated carbocycles. The van der Waals surface area contributed by atoms with E-state index in [0.29, 0.717) is 11.3 Å². The lowest BCUT2D eigenvalue weighted by atomic mass is 10.1. The van der Waals surface area contributed by atoms with Crippen molar-refractivity contribution in [1.29, 1.82) is 0 Å². The summed E-state index contributed by atoms with van der Waals surface area (Å²) < 4.78 is 0. The van der Waals surface area contributed by atoms with Gasteiger partial charge in [0.2, 0.25) is 0 Å². The van der Waals surface area contributed by atoms with E-state index >= 15 is 0 Å². The van der Waals surface area contributed by atoms with Gasteiger partial charge in [0.25, 0.3) is 23.3 Å². The maximum atomic E-state index is 12.0. The predicted molar refractivity (Wildman–Crippen MR) is 75.7 cm³/mol. The zero-order valence-corrected chi connectivity index (χ0v) is 11.4. The zero-order chi connectivity index (χ0) is 15.9. The number of benzene rings is 1. The third-order valence-corrected chi connectivity index (χ3v) is 3.26. The van der Waals surface area contributed by atoms with Crippen molar-refractivity contribution in [3.05, 3.63) is 57.5 Å². The van der Waals surface area contributed by atoms with E-state index in [2.05, 4.69) is 15.5 Å². The maximum Gasteiger partial charge on any atom is 0.276 e. The van der Waals surface area contributed by atoms with Crippen LogP contribution in [-0.4, -0.2) is 39.9 Å². The Morgan fingerprint density at radius 2 is 1.82 bits per heavy atom. The van der Waals surface area contributed by atoms with Crippen LogP contribution in [0.5, 0.6) is 0 Å². The summed E-state index contributed by atoms with van der Waals surface area (Å²) in [5.41, 5.74) is 0.501. The number of aromatic nitrogens is 2. The highest BCUT2D eigenvalue weighted by Crippen LogP contribution is 2.24. The van der Waals surface area contributed by atoms with Gasteiger partial charge in [-0.3, -0.25) is 24.1 Å². The Morgan fingerprint density at radius 1 is 1.09 bits per heavy atom. The van der Waals surface area contributed by atoms with Crippen molar-refractivity contribution in [1.82, 2.24) is 15.1 Å². The SMILES string of the molecule is CN1C(=O)c2ccc(NC(=O)c3ccc(=O)[nH]n3)cc2C1=O. The zero-order valence-electron chi connectivity index (χ0n) is 11.4. The Balaban J connectivity index is 1.87.